The first-order chi connectivity index (χ1) is 9.69. The number of nitrogens with one attached hydrogen (secondary N) is 1. The molecule has 0 bridgehead atoms. The van der Waals surface area contributed by atoms with E-state index in [1.165, 1.54) is 11.1 Å². The number of aromatic nitrogens is 1. The first-order valence-corrected chi connectivity index (χ1v) is 7.13. The molecule has 0 aliphatic heterocycles. The maximum atomic E-state index is 5.74. The van der Waals surface area contributed by atoms with E-state index in [-0.39, 0.29) is 0 Å². The van der Waals surface area contributed by atoms with Gasteiger partial charge in [0.1, 0.15) is 5.75 Å². The minimum absolute atomic E-state index is 0.315. The van der Waals surface area contributed by atoms with Crippen LogP contribution in [0.15, 0.2) is 42.6 Å². The molecule has 3 nitrogen and oxygen atoms in total. The smallest absolute Gasteiger partial charge is 0.219 e. The van der Waals surface area contributed by atoms with Crippen LogP contribution >= 0.6 is 0 Å². The zero-order valence-corrected chi connectivity index (χ0v) is 12.4. The van der Waals surface area contributed by atoms with Gasteiger partial charge in [0.2, 0.25) is 5.88 Å². The van der Waals surface area contributed by atoms with Crippen LogP contribution in [0.3, 0.4) is 0 Å². The van der Waals surface area contributed by atoms with Gasteiger partial charge in [-0.1, -0.05) is 25.1 Å². The lowest BCUT2D eigenvalue weighted by Gasteiger charge is -2.13. The second-order valence-corrected chi connectivity index (χ2v) is 5.02. The maximum Gasteiger partial charge on any atom is 0.219 e. The number of pyridine rings is 1. The summed E-state index contributed by atoms with van der Waals surface area (Å²) in [5, 5.41) is 3.44. The van der Waals surface area contributed by atoms with Crippen LogP contribution in [-0.4, -0.2) is 11.5 Å². The molecule has 2 rings (SSSR count). The van der Waals surface area contributed by atoms with Crippen LogP contribution in [0.1, 0.15) is 37.4 Å². The third kappa shape index (κ3) is 4.07. The molecule has 1 heterocycles. The lowest BCUT2D eigenvalue weighted by atomic mass is 10.1. The first kappa shape index (κ1) is 14.5. The van der Waals surface area contributed by atoms with Crippen molar-refractivity contribution >= 4 is 0 Å². The Hall–Kier alpha value is -1.87. The van der Waals surface area contributed by atoms with Gasteiger partial charge in [-0.25, -0.2) is 4.98 Å². The van der Waals surface area contributed by atoms with E-state index in [1.54, 1.807) is 0 Å². The average molecular weight is 270 g/mol. The second-order valence-electron chi connectivity index (χ2n) is 5.02. The summed E-state index contributed by atoms with van der Waals surface area (Å²) in [6, 6.07) is 12.3. The second kappa shape index (κ2) is 7.06. The molecule has 0 radical (unpaired) electrons. The molecule has 20 heavy (non-hydrogen) atoms. The van der Waals surface area contributed by atoms with E-state index in [2.05, 4.69) is 30.2 Å². The van der Waals surface area contributed by atoms with Gasteiger partial charge in [-0.3, -0.25) is 0 Å². The lowest BCUT2D eigenvalue weighted by Crippen LogP contribution is -2.19. The third-order valence-corrected chi connectivity index (χ3v) is 3.17. The van der Waals surface area contributed by atoms with Crippen molar-refractivity contribution < 1.29 is 4.74 Å². The molecular formula is C17H22N2O. The normalized spacial score (nSPS) is 12.2. The number of aryl methyl sites for hydroxylation is 1. The fourth-order valence-corrected chi connectivity index (χ4v) is 1.99. The summed E-state index contributed by atoms with van der Waals surface area (Å²) in [4.78, 5) is 4.37. The van der Waals surface area contributed by atoms with Crippen LogP contribution in [-0.2, 0) is 0 Å². The van der Waals surface area contributed by atoms with Crippen LogP contribution in [0.4, 0.5) is 0 Å². The standard InChI is InChI=1S/C17H22N2O/c1-4-10-18-14(3)15-8-9-17(19-12-15)20-16-7-5-6-13(2)11-16/h5-9,11-12,14,18H,4,10H2,1-3H3. The minimum atomic E-state index is 0.315. The molecule has 3 heteroatoms. The van der Waals surface area contributed by atoms with E-state index in [9.17, 15) is 0 Å². The minimum Gasteiger partial charge on any atom is -0.439 e. The summed E-state index contributed by atoms with van der Waals surface area (Å²) in [5.74, 6) is 1.45. The summed E-state index contributed by atoms with van der Waals surface area (Å²) >= 11 is 0. The van der Waals surface area contributed by atoms with Crippen LogP contribution in [0, 0.1) is 6.92 Å². The molecule has 0 aliphatic rings. The maximum absolute atomic E-state index is 5.74. The Morgan fingerprint density at radius 1 is 1.25 bits per heavy atom. The van der Waals surface area contributed by atoms with Crippen molar-refractivity contribution in [3.8, 4) is 11.6 Å². The quantitative estimate of drug-likeness (QED) is 0.852. The molecule has 0 saturated heterocycles. The van der Waals surface area contributed by atoms with Gasteiger partial charge in [-0.15, -0.1) is 0 Å². The predicted molar refractivity (Wildman–Crippen MR) is 82.2 cm³/mol. The molecular weight excluding hydrogens is 248 g/mol. The van der Waals surface area contributed by atoms with E-state index in [4.69, 9.17) is 4.74 Å². The Morgan fingerprint density at radius 3 is 2.75 bits per heavy atom. The first-order valence-electron chi connectivity index (χ1n) is 7.13. The van der Waals surface area contributed by atoms with Crippen molar-refractivity contribution in [2.45, 2.75) is 33.2 Å². The molecule has 1 unspecified atom stereocenters. The SMILES string of the molecule is CCCNC(C)c1ccc(Oc2cccc(C)c2)nc1. The molecule has 0 saturated carbocycles. The highest BCUT2D eigenvalue weighted by Gasteiger charge is 2.05. The zero-order chi connectivity index (χ0) is 14.4. The number of nitrogens with zero attached hydrogens (tertiary/aromatic N) is 1. The lowest BCUT2D eigenvalue weighted by molar-refractivity contribution is 0.461. The van der Waals surface area contributed by atoms with Gasteiger partial charge < -0.3 is 10.1 Å². The van der Waals surface area contributed by atoms with E-state index >= 15 is 0 Å². The largest absolute Gasteiger partial charge is 0.439 e. The molecule has 1 aromatic heterocycles. The molecule has 1 N–H and O–H groups in total. The van der Waals surface area contributed by atoms with Crippen LogP contribution in [0.5, 0.6) is 11.6 Å². The Labute approximate surface area is 121 Å². The third-order valence-electron chi connectivity index (χ3n) is 3.17. The van der Waals surface area contributed by atoms with E-state index in [0.29, 0.717) is 11.9 Å². The van der Waals surface area contributed by atoms with Crippen LogP contribution in [0.25, 0.3) is 0 Å². The fraction of sp³-hybridized carbons (Fsp3) is 0.353. The Bertz CT molecular complexity index is 537. The van der Waals surface area contributed by atoms with Gasteiger partial charge in [-0.05, 0) is 50.1 Å². The average Bonchev–Trinajstić information content (AvgIpc) is 2.45. The molecule has 1 aromatic carbocycles. The predicted octanol–water partition coefficient (Wildman–Crippen LogP) is 4.24. The van der Waals surface area contributed by atoms with Crippen molar-refractivity contribution in [2.24, 2.45) is 0 Å². The number of hydrogen-bond donors (Lipinski definition) is 1. The molecule has 106 valence electrons. The van der Waals surface area contributed by atoms with E-state index in [1.807, 2.05) is 43.5 Å². The molecule has 0 fully saturated rings. The summed E-state index contributed by atoms with van der Waals surface area (Å²) in [7, 11) is 0. The summed E-state index contributed by atoms with van der Waals surface area (Å²) in [5.41, 5.74) is 2.35. The zero-order valence-electron chi connectivity index (χ0n) is 12.4. The Balaban J connectivity index is 2.01. The van der Waals surface area contributed by atoms with Gasteiger partial charge in [-0.2, -0.15) is 0 Å². The van der Waals surface area contributed by atoms with Crippen LogP contribution < -0.4 is 10.1 Å². The number of ether oxygens (including phenoxy) is 1. The van der Waals surface area contributed by atoms with Crippen LogP contribution in [0.2, 0.25) is 0 Å². The highest BCUT2D eigenvalue weighted by atomic mass is 16.5. The van der Waals surface area contributed by atoms with Gasteiger partial charge in [0.15, 0.2) is 0 Å². The summed E-state index contributed by atoms with van der Waals surface area (Å²) < 4.78 is 5.74. The van der Waals surface area contributed by atoms with Crippen molar-refractivity contribution in [3.63, 3.8) is 0 Å². The topological polar surface area (TPSA) is 34.1 Å². The highest BCUT2D eigenvalue weighted by Crippen LogP contribution is 2.21. The number of benzene rings is 1. The van der Waals surface area contributed by atoms with E-state index < -0.39 is 0 Å². The Kier molecular flexibility index (Phi) is 5.13. The highest BCUT2D eigenvalue weighted by molar-refractivity contribution is 5.31. The van der Waals surface area contributed by atoms with Gasteiger partial charge in [0.05, 0.1) is 0 Å². The van der Waals surface area contributed by atoms with Crippen molar-refractivity contribution in [1.82, 2.24) is 10.3 Å². The molecule has 0 amide bonds. The number of hydrogen-bond acceptors (Lipinski definition) is 3. The summed E-state index contributed by atoms with van der Waals surface area (Å²) in [6.07, 6.45) is 3.00. The van der Waals surface area contributed by atoms with Crippen molar-refractivity contribution in [2.75, 3.05) is 6.54 Å². The van der Waals surface area contributed by atoms with Gasteiger partial charge in [0, 0.05) is 18.3 Å². The van der Waals surface area contributed by atoms with Crippen molar-refractivity contribution in [1.29, 1.82) is 0 Å². The Morgan fingerprint density at radius 2 is 2.10 bits per heavy atom. The summed E-state index contributed by atoms with van der Waals surface area (Å²) in [6.45, 7) is 7.37. The monoisotopic (exact) mass is 270 g/mol. The van der Waals surface area contributed by atoms with E-state index in [0.717, 1.165) is 18.7 Å². The fourth-order valence-electron chi connectivity index (χ4n) is 1.99. The van der Waals surface area contributed by atoms with Gasteiger partial charge in [0.25, 0.3) is 0 Å². The molecule has 0 spiro atoms. The van der Waals surface area contributed by atoms with Gasteiger partial charge >= 0.3 is 0 Å². The number of rotatable bonds is 6. The molecule has 2 aromatic rings. The van der Waals surface area contributed by atoms with Crippen molar-refractivity contribution in [3.05, 3.63) is 53.7 Å². The molecule has 1 atom stereocenters. The molecule has 0 aliphatic carbocycles.